The maximum atomic E-state index is 12.9. The molecule has 0 spiro atoms. The van der Waals surface area contributed by atoms with Gasteiger partial charge in [0.25, 0.3) is 0 Å². The molecular formula is C11H11F2NO. The number of halogens is 2. The molecule has 0 aliphatic carbocycles. The number of nitrogens with two attached hydrogens (primary N) is 1. The highest BCUT2D eigenvalue weighted by molar-refractivity contribution is 5.46. The molecule has 2 nitrogen and oxygen atoms in total. The lowest BCUT2D eigenvalue weighted by Gasteiger charge is -2.05. The van der Waals surface area contributed by atoms with Crippen molar-refractivity contribution in [2.75, 3.05) is 19.8 Å². The molecule has 0 radical (unpaired) electrons. The van der Waals surface area contributed by atoms with Gasteiger partial charge < -0.3 is 10.5 Å². The molecule has 0 unspecified atom stereocenters. The minimum absolute atomic E-state index is 0.0665. The topological polar surface area (TPSA) is 35.2 Å². The van der Waals surface area contributed by atoms with E-state index in [0.29, 0.717) is 11.3 Å². The molecule has 0 atom stereocenters. The third kappa shape index (κ3) is 3.56. The first-order chi connectivity index (χ1) is 7.27. The second kappa shape index (κ2) is 5.99. The molecule has 0 bridgehead atoms. The van der Waals surface area contributed by atoms with Crippen LogP contribution in [0.4, 0.5) is 8.78 Å². The van der Waals surface area contributed by atoms with E-state index >= 15 is 0 Å². The lowest BCUT2D eigenvalue weighted by Crippen LogP contribution is -2.01. The highest BCUT2D eigenvalue weighted by Gasteiger charge is 2.02. The Bertz CT molecular complexity index is 382. The standard InChI is InChI=1S/C11H11F2NO/c12-5-7-15-11-4-3-10(13)8-9(11)2-1-6-14/h3-4,8H,5-7,14H2. The normalized spacial score (nSPS) is 9.27. The first-order valence-corrected chi connectivity index (χ1v) is 4.45. The first-order valence-electron chi connectivity index (χ1n) is 4.45. The molecule has 0 aliphatic rings. The van der Waals surface area contributed by atoms with Crippen LogP contribution in [0.1, 0.15) is 5.56 Å². The van der Waals surface area contributed by atoms with Gasteiger partial charge in [-0.25, -0.2) is 8.78 Å². The number of benzene rings is 1. The molecule has 0 aliphatic heterocycles. The SMILES string of the molecule is NCC#Cc1cc(F)ccc1OCCF. The zero-order chi connectivity index (χ0) is 11.1. The largest absolute Gasteiger partial charge is 0.490 e. The van der Waals surface area contributed by atoms with Crippen molar-refractivity contribution in [2.24, 2.45) is 5.73 Å². The van der Waals surface area contributed by atoms with E-state index in [1.54, 1.807) is 0 Å². The van der Waals surface area contributed by atoms with Crippen molar-refractivity contribution in [3.8, 4) is 17.6 Å². The molecule has 1 aromatic rings. The summed E-state index contributed by atoms with van der Waals surface area (Å²) in [5.74, 6) is 5.20. The fraction of sp³-hybridized carbons (Fsp3) is 0.273. The maximum Gasteiger partial charge on any atom is 0.135 e. The van der Waals surface area contributed by atoms with E-state index in [-0.39, 0.29) is 13.2 Å². The molecule has 80 valence electrons. The van der Waals surface area contributed by atoms with Gasteiger partial charge in [-0.2, -0.15) is 0 Å². The van der Waals surface area contributed by atoms with Gasteiger partial charge in [0.05, 0.1) is 12.1 Å². The van der Waals surface area contributed by atoms with Gasteiger partial charge in [0, 0.05) is 0 Å². The van der Waals surface area contributed by atoms with Crippen molar-refractivity contribution in [3.05, 3.63) is 29.6 Å². The minimum Gasteiger partial charge on any atom is -0.490 e. The van der Waals surface area contributed by atoms with Crippen LogP contribution >= 0.6 is 0 Å². The summed E-state index contributed by atoms with van der Waals surface area (Å²) in [6.07, 6.45) is 0. The van der Waals surface area contributed by atoms with E-state index in [2.05, 4.69) is 11.8 Å². The summed E-state index contributed by atoms with van der Waals surface area (Å²) in [5.41, 5.74) is 5.58. The molecule has 0 fully saturated rings. The number of hydrogen-bond donors (Lipinski definition) is 1. The number of rotatable bonds is 3. The van der Waals surface area contributed by atoms with Gasteiger partial charge in [0.1, 0.15) is 24.8 Å². The van der Waals surface area contributed by atoms with E-state index in [4.69, 9.17) is 10.5 Å². The van der Waals surface area contributed by atoms with Crippen molar-refractivity contribution in [3.63, 3.8) is 0 Å². The molecule has 0 heterocycles. The van der Waals surface area contributed by atoms with Crippen LogP contribution in [0.15, 0.2) is 18.2 Å². The van der Waals surface area contributed by atoms with Crippen LogP contribution in [0, 0.1) is 17.7 Å². The summed E-state index contributed by atoms with van der Waals surface area (Å²) in [7, 11) is 0. The van der Waals surface area contributed by atoms with Gasteiger partial charge in [0.2, 0.25) is 0 Å². The van der Waals surface area contributed by atoms with Gasteiger partial charge in [0.15, 0.2) is 0 Å². The highest BCUT2D eigenvalue weighted by Crippen LogP contribution is 2.18. The molecule has 0 aromatic heterocycles. The van der Waals surface area contributed by atoms with Crippen molar-refractivity contribution in [1.29, 1.82) is 0 Å². The van der Waals surface area contributed by atoms with E-state index in [1.165, 1.54) is 18.2 Å². The van der Waals surface area contributed by atoms with E-state index < -0.39 is 12.5 Å². The predicted octanol–water partition coefficient (Wildman–Crippen LogP) is 1.48. The van der Waals surface area contributed by atoms with Crippen LogP contribution in [0.5, 0.6) is 5.75 Å². The van der Waals surface area contributed by atoms with Crippen LogP contribution in [-0.2, 0) is 0 Å². The zero-order valence-corrected chi connectivity index (χ0v) is 8.09. The number of ether oxygens (including phenoxy) is 1. The van der Waals surface area contributed by atoms with Crippen LogP contribution in [0.3, 0.4) is 0 Å². The molecule has 15 heavy (non-hydrogen) atoms. The zero-order valence-electron chi connectivity index (χ0n) is 8.09. The summed E-state index contributed by atoms with van der Waals surface area (Å²) in [5, 5.41) is 0. The van der Waals surface area contributed by atoms with Gasteiger partial charge in [-0.1, -0.05) is 11.8 Å². The molecule has 1 rings (SSSR count). The lowest BCUT2D eigenvalue weighted by atomic mass is 10.2. The highest BCUT2D eigenvalue weighted by atomic mass is 19.1. The minimum atomic E-state index is -0.596. The van der Waals surface area contributed by atoms with Gasteiger partial charge in [-0.05, 0) is 18.2 Å². The fourth-order valence-corrected chi connectivity index (χ4v) is 1.02. The van der Waals surface area contributed by atoms with Crippen LogP contribution in [-0.4, -0.2) is 19.8 Å². The molecule has 0 saturated carbocycles. The van der Waals surface area contributed by atoms with Crippen LogP contribution in [0.2, 0.25) is 0 Å². The smallest absolute Gasteiger partial charge is 0.135 e. The summed E-state index contributed by atoms with van der Waals surface area (Å²) in [4.78, 5) is 0. The van der Waals surface area contributed by atoms with Gasteiger partial charge in [-0.15, -0.1) is 0 Å². The Morgan fingerprint density at radius 2 is 2.20 bits per heavy atom. The first kappa shape index (κ1) is 11.5. The van der Waals surface area contributed by atoms with E-state index in [1.807, 2.05) is 0 Å². The van der Waals surface area contributed by atoms with Crippen LogP contribution < -0.4 is 10.5 Å². The Morgan fingerprint density at radius 3 is 2.87 bits per heavy atom. The molecule has 0 amide bonds. The summed E-state index contributed by atoms with van der Waals surface area (Å²) >= 11 is 0. The molecule has 2 N–H and O–H groups in total. The van der Waals surface area contributed by atoms with Gasteiger partial charge in [-0.3, -0.25) is 0 Å². The quantitative estimate of drug-likeness (QED) is 0.769. The Kier molecular flexibility index (Phi) is 4.58. The van der Waals surface area contributed by atoms with Gasteiger partial charge >= 0.3 is 0 Å². The Labute approximate surface area is 87.0 Å². The van der Waals surface area contributed by atoms with Crippen molar-refractivity contribution < 1.29 is 13.5 Å². The fourth-order valence-electron chi connectivity index (χ4n) is 1.02. The van der Waals surface area contributed by atoms with Crippen molar-refractivity contribution in [2.45, 2.75) is 0 Å². The maximum absolute atomic E-state index is 12.9. The average molecular weight is 211 g/mol. The summed E-state index contributed by atoms with van der Waals surface area (Å²) in [6, 6.07) is 3.89. The molecular weight excluding hydrogens is 200 g/mol. The Balaban J connectivity index is 2.92. The summed E-state index contributed by atoms with van der Waals surface area (Å²) in [6.45, 7) is -0.483. The van der Waals surface area contributed by atoms with E-state index in [9.17, 15) is 8.78 Å². The van der Waals surface area contributed by atoms with Crippen LogP contribution in [0.25, 0.3) is 0 Å². The molecule has 1 aromatic carbocycles. The second-order valence-electron chi connectivity index (χ2n) is 2.68. The number of hydrogen-bond acceptors (Lipinski definition) is 2. The summed E-state index contributed by atoms with van der Waals surface area (Å²) < 4.78 is 29.8. The predicted molar refractivity (Wildman–Crippen MR) is 53.8 cm³/mol. The average Bonchev–Trinajstić information content (AvgIpc) is 2.25. The third-order valence-corrected chi connectivity index (χ3v) is 1.60. The molecule has 4 heteroatoms. The van der Waals surface area contributed by atoms with Crippen molar-refractivity contribution in [1.82, 2.24) is 0 Å². The lowest BCUT2D eigenvalue weighted by molar-refractivity contribution is 0.272. The van der Waals surface area contributed by atoms with E-state index in [0.717, 1.165) is 0 Å². The Morgan fingerprint density at radius 1 is 1.40 bits per heavy atom. The third-order valence-electron chi connectivity index (χ3n) is 1.60. The monoisotopic (exact) mass is 211 g/mol. The Hall–Kier alpha value is -1.60. The number of alkyl halides is 1. The molecule has 0 saturated heterocycles. The van der Waals surface area contributed by atoms with Crippen molar-refractivity contribution >= 4 is 0 Å². The second-order valence-corrected chi connectivity index (χ2v) is 2.68.